The fraction of sp³-hybridized carbons (Fsp3) is 0.263. The van der Waals surface area contributed by atoms with Gasteiger partial charge in [-0.1, -0.05) is 0 Å². The Labute approximate surface area is 160 Å². The molecule has 1 N–H and O–H groups in total. The number of carbonyl (C=O) groups excluding carboxylic acids is 2. The number of benzene rings is 2. The quantitative estimate of drug-likeness (QED) is 0.506. The first-order chi connectivity index (χ1) is 12.5. The third-order valence-electron chi connectivity index (χ3n) is 3.53. The number of nitrogens with one attached hydrogen (secondary N) is 1. The number of ether oxygens (including phenoxy) is 3. The van der Waals surface area contributed by atoms with Gasteiger partial charge in [0.15, 0.2) is 0 Å². The van der Waals surface area contributed by atoms with E-state index < -0.39 is 5.97 Å². The molecule has 2 aromatic carbocycles. The Balaban J connectivity index is 2.30. The molecule has 2 rings (SSSR count). The van der Waals surface area contributed by atoms with Crippen LogP contribution in [0.5, 0.6) is 11.5 Å². The Morgan fingerprint density at radius 3 is 2.62 bits per heavy atom. The Morgan fingerprint density at radius 2 is 2.00 bits per heavy atom. The zero-order valence-corrected chi connectivity index (χ0v) is 16.3. The second-order valence-corrected chi connectivity index (χ2v) is 6.46. The summed E-state index contributed by atoms with van der Waals surface area (Å²) in [6.07, 6.45) is 0.756. The van der Waals surface area contributed by atoms with Crippen molar-refractivity contribution in [3.8, 4) is 11.5 Å². The van der Waals surface area contributed by atoms with E-state index in [0.29, 0.717) is 39.4 Å². The lowest BCUT2D eigenvalue weighted by molar-refractivity contribution is 0.0601. The van der Waals surface area contributed by atoms with E-state index in [9.17, 15) is 9.59 Å². The Bertz CT molecular complexity index is 793. The van der Waals surface area contributed by atoms with Crippen LogP contribution in [0.3, 0.4) is 0 Å². The van der Waals surface area contributed by atoms with Crippen molar-refractivity contribution in [3.63, 3.8) is 0 Å². The first-order valence-corrected chi connectivity index (χ1v) is 8.68. The van der Waals surface area contributed by atoms with Gasteiger partial charge in [0.1, 0.15) is 17.8 Å². The highest BCUT2D eigenvalue weighted by atomic mass is 79.9. The van der Waals surface area contributed by atoms with Gasteiger partial charge in [-0.2, -0.15) is 0 Å². The van der Waals surface area contributed by atoms with Crippen molar-refractivity contribution in [2.75, 3.05) is 26.1 Å². The van der Waals surface area contributed by atoms with Gasteiger partial charge in [-0.15, -0.1) is 0 Å². The molecule has 0 saturated heterocycles. The van der Waals surface area contributed by atoms with Gasteiger partial charge in [0.25, 0.3) is 0 Å². The molecule has 1 atom stereocenters. The minimum Gasteiger partial charge on any atom is -0.465 e. The maximum absolute atomic E-state index is 12.1. The maximum Gasteiger partial charge on any atom is 0.340 e. The van der Waals surface area contributed by atoms with Crippen LogP contribution in [0.1, 0.15) is 27.6 Å². The highest BCUT2D eigenvalue weighted by molar-refractivity contribution is 9.10. The summed E-state index contributed by atoms with van der Waals surface area (Å²) in [4.78, 5) is 23.0. The van der Waals surface area contributed by atoms with Crippen LogP contribution in [0, 0.1) is 0 Å². The van der Waals surface area contributed by atoms with Crippen molar-refractivity contribution in [1.82, 2.24) is 0 Å². The number of aldehydes is 1. The molecule has 2 aromatic rings. The second kappa shape index (κ2) is 9.35. The van der Waals surface area contributed by atoms with Gasteiger partial charge >= 0.3 is 5.97 Å². The number of rotatable bonds is 8. The van der Waals surface area contributed by atoms with E-state index in [1.807, 2.05) is 6.92 Å². The van der Waals surface area contributed by atoms with Crippen LogP contribution in [0.25, 0.3) is 0 Å². The number of esters is 1. The Kier molecular flexibility index (Phi) is 7.17. The number of hydrogen-bond donors (Lipinski definition) is 1. The van der Waals surface area contributed by atoms with Crippen LogP contribution in [-0.2, 0) is 9.47 Å². The molecule has 0 amide bonds. The van der Waals surface area contributed by atoms with E-state index in [1.165, 1.54) is 7.11 Å². The lowest BCUT2D eigenvalue weighted by Crippen LogP contribution is -2.22. The van der Waals surface area contributed by atoms with Crippen LogP contribution in [0.15, 0.2) is 40.9 Å². The third-order valence-corrected chi connectivity index (χ3v) is 4.15. The van der Waals surface area contributed by atoms with E-state index in [-0.39, 0.29) is 6.04 Å². The van der Waals surface area contributed by atoms with Crippen LogP contribution in [-0.4, -0.2) is 39.1 Å². The van der Waals surface area contributed by atoms with Crippen LogP contribution in [0.2, 0.25) is 0 Å². The standard InChI is InChI=1S/C19H20BrNO5/c1-12(11-24-2)21-17-6-5-14(9-15(17)19(23)25-3)26-18-7-4-13(10-22)8-16(18)20/h4-10,12,21H,11H2,1-3H3/t12-/m0/s1. The smallest absolute Gasteiger partial charge is 0.340 e. The van der Waals surface area contributed by atoms with Crippen molar-refractivity contribution in [2.45, 2.75) is 13.0 Å². The topological polar surface area (TPSA) is 73.9 Å². The summed E-state index contributed by atoms with van der Waals surface area (Å²) < 4.78 is 16.4. The summed E-state index contributed by atoms with van der Waals surface area (Å²) in [5.41, 5.74) is 1.52. The number of anilines is 1. The molecule has 0 aliphatic heterocycles. The van der Waals surface area contributed by atoms with Crippen LogP contribution < -0.4 is 10.1 Å². The van der Waals surface area contributed by atoms with Gasteiger partial charge in [-0.3, -0.25) is 4.79 Å². The molecule has 0 aliphatic carbocycles. The summed E-state index contributed by atoms with van der Waals surface area (Å²) >= 11 is 3.37. The minimum absolute atomic E-state index is 0.0141. The van der Waals surface area contributed by atoms with Gasteiger partial charge in [0, 0.05) is 24.4 Å². The van der Waals surface area contributed by atoms with Crippen molar-refractivity contribution in [2.24, 2.45) is 0 Å². The summed E-state index contributed by atoms with van der Waals surface area (Å²) in [7, 11) is 2.94. The first kappa shape index (κ1) is 19.9. The SMILES string of the molecule is COC[C@H](C)Nc1ccc(Oc2ccc(C=O)cc2Br)cc1C(=O)OC. The summed E-state index contributed by atoms with van der Waals surface area (Å²) in [5.74, 6) is 0.521. The van der Waals surface area contributed by atoms with Crippen LogP contribution >= 0.6 is 15.9 Å². The molecule has 0 aromatic heterocycles. The predicted molar refractivity (Wildman–Crippen MR) is 102 cm³/mol. The van der Waals surface area contributed by atoms with Crippen molar-refractivity contribution >= 4 is 33.9 Å². The van der Waals surface area contributed by atoms with Crippen molar-refractivity contribution in [3.05, 3.63) is 52.0 Å². The lowest BCUT2D eigenvalue weighted by atomic mass is 10.1. The predicted octanol–water partition coefficient (Wildman–Crippen LogP) is 4.29. The van der Waals surface area contributed by atoms with Gasteiger partial charge in [0.2, 0.25) is 0 Å². The summed E-state index contributed by atoms with van der Waals surface area (Å²) in [5, 5.41) is 3.21. The molecule has 0 bridgehead atoms. The Hall–Kier alpha value is -2.38. The zero-order chi connectivity index (χ0) is 19.1. The van der Waals surface area contributed by atoms with E-state index in [1.54, 1.807) is 43.5 Å². The first-order valence-electron chi connectivity index (χ1n) is 7.89. The minimum atomic E-state index is -0.474. The number of hydrogen-bond acceptors (Lipinski definition) is 6. The molecule has 0 saturated carbocycles. The van der Waals surface area contributed by atoms with Gasteiger partial charge in [0.05, 0.1) is 23.8 Å². The third kappa shape index (κ3) is 5.06. The monoisotopic (exact) mass is 421 g/mol. The number of methoxy groups -OCH3 is 2. The maximum atomic E-state index is 12.1. The molecule has 0 spiro atoms. The molecular formula is C19H20BrNO5. The normalized spacial score (nSPS) is 11.5. The van der Waals surface area contributed by atoms with Crippen LogP contribution in [0.4, 0.5) is 5.69 Å². The lowest BCUT2D eigenvalue weighted by Gasteiger charge is -2.17. The van der Waals surface area contributed by atoms with E-state index in [4.69, 9.17) is 14.2 Å². The van der Waals surface area contributed by atoms with Gasteiger partial charge < -0.3 is 19.5 Å². The average Bonchev–Trinajstić information content (AvgIpc) is 2.64. The number of carbonyl (C=O) groups is 2. The molecule has 138 valence electrons. The molecule has 26 heavy (non-hydrogen) atoms. The molecule has 6 nitrogen and oxygen atoms in total. The fourth-order valence-corrected chi connectivity index (χ4v) is 2.83. The highest BCUT2D eigenvalue weighted by Crippen LogP contribution is 2.32. The summed E-state index contributed by atoms with van der Waals surface area (Å²) in [6.45, 7) is 2.44. The Morgan fingerprint density at radius 1 is 1.23 bits per heavy atom. The average molecular weight is 422 g/mol. The molecule has 0 aliphatic rings. The molecule has 0 unspecified atom stereocenters. The fourth-order valence-electron chi connectivity index (χ4n) is 2.35. The van der Waals surface area contributed by atoms with Crippen molar-refractivity contribution in [1.29, 1.82) is 0 Å². The van der Waals surface area contributed by atoms with Gasteiger partial charge in [-0.05, 0) is 59.3 Å². The van der Waals surface area contributed by atoms with E-state index in [2.05, 4.69) is 21.2 Å². The zero-order valence-electron chi connectivity index (χ0n) is 14.7. The second-order valence-electron chi connectivity index (χ2n) is 5.61. The molecule has 0 fully saturated rings. The molecule has 0 heterocycles. The number of halogens is 1. The highest BCUT2D eigenvalue weighted by Gasteiger charge is 2.16. The molecule has 0 radical (unpaired) electrons. The van der Waals surface area contributed by atoms with E-state index in [0.717, 1.165) is 6.29 Å². The van der Waals surface area contributed by atoms with Gasteiger partial charge in [-0.25, -0.2) is 4.79 Å². The molecular weight excluding hydrogens is 402 g/mol. The largest absolute Gasteiger partial charge is 0.465 e. The van der Waals surface area contributed by atoms with E-state index >= 15 is 0 Å². The molecule has 7 heteroatoms. The van der Waals surface area contributed by atoms with Crippen molar-refractivity contribution < 1.29 is 23.8 Å². The summed E-state index contributed by atoms with van der Waals surface area (Å²) in [6, 6.07) is 10.1.